The number of carbonyl (C=O) groups is 2. The van der Waals surface area contributed by atoms with Gasteiger partial charge >= 0.3 is 0 Å². The van der Waals surface area contributed by atoms with Crippen LogP contribution in [0.5, 0.6) is 5.75 Å². The van der Waals surface area contributed by atoms with Gasteiger partial charge in [0.2, 0.25) is 5.91 Å². The van der Waals surface area contributed by atoms with E-state index >= 15 is 0 Å². The number of ether oxygens (including phenoxy) is 1. The van der Waals surface area contributed by atoms with Crippen molar-refractivity contribution in [1.82, 2.24) is 5.32 Å². The van der Waals surface area contributed by atoms with E-state index in [1.165, 1.54) is 12.0 Å². The summed E-state index contributed by atoms with van der Waals surface area (Å²) >= 11 is 5.96. The third-order valence-electron chi connectivity index (χ3n) is 4.56. The molecule has 156 valence electrons. The summed E-state index contributed by atoms with van der Waals surface area (Å²) in [6.07, 6.45) is -1.43. The van der Waals surface area contributed by atoms with Gasteiger partial charge in [0.25, 0.3) is 5.91 Å². The van der Waals surface area contributed by atoms with Crippen molar-refractivity contribution in [2.24, 2.45) is 5.92 Å². The van der Waals surface area contributed by atoms with Gasteiger partial charge in [0.05, 0.1) is 18.8 Å². The highest BCUT2D eigenvalue weighted by atomic mass is 35.5. The molecule has 2 amide bonds. The Bertz CT molecular complexity index is 856. The van der Waals surface area contributed by atoms with Crippen molar-refractivity contribution in [3.8, 4) is 5.75 Å². The maximum atomic E-state index is 12.9. The minimum atomic E-state index is -1.43. The molecule has 0 aliphatic heterocycles. The van der Waals surface area contributed by atoms with E-state index in [9.17, 15) is 14.7 Å². The van der Waals surface area contributed by atoms with Gasteiger partial charge in [-0.15, -0.1) is 0 Å². The molecule has 0 bridgehead atoms. The van der Waals surface area contributed by atoms with Gasteiger partial charge < -0.3 is 20.1 Å². The number of hydrogen-bond donors (Lipinski definition) is 2. The van der Waals surface area contributed by atoms with Crippen molar-refractivity contribution in [3.05, 3.63) is 59.1 Å². The minimum Gasteiger partial charge on any atom is -0.495 e. The Labute approximate surface area is 176 Å². The summed E-state index contributed by atoms with van der Waals surface area (Å²) in [4.78, 5) is 26.9. The highest BCUT2D eigenvalue weighted by molar-refractivity contribution is 6.30. The number of nitrogens with zero attached hydrogens (tertiary/aromatic N) is 1. The number of carbonyl (C=O) groups excluding carboxylic acids is 2. The molecule has 0 saturated carbocycles. The molecule has 2 unspecified atom stereocenters. The van der Waals surface area contributed by atoms with Gasteiger partial charge in [-0.1, -0.05) is 49.7 Å². The molecule has 0 aromatic heterocycles. The molecule has 2 rings (SSSR count). The molecule has 2 atom stereocenters. The molecule has 29 heavy (non-hydrogen) atoms. The lowest BCUT2D eigenvalue weighted by atomic mass is 10.0. The van der Waals surface area contributed by atoms with Crippen LogP contribution >= 0.6 is 11.6 Å². The Morgan fingerprint density at radius 3 is 2.45 bits per heavy atom. The first kappa shape index (κ1) is 22.7. The van der Waals surface area contributed by atoms with E-state index in [0.29, 0.717) is 16.5 Å². The van der Waals surface area contributed by atoms with Crippen molar-refractivity contribution >= 4 is 29.1 Å². The molecule has 0 aliphatic carbocycles. The summed E-state index contributed by atoms with van der Waals surface area (Å²) in [5.74, 6) is -0.637. The third-order valence-corrected chi connectivity index (χ3v) is 4.80. The van der Waals surface area contributed by atoms with Crippen LogP contribution in [0, 0.1) is 5.92 Å². The molecule has 6 nitrogen and oxygen atoms in total. The van der Waals surface area contributed by atoms with E-state index in [2.05, 4.69) is 5.32 Å². The molecular formula is C22H27ClN2O4. The van der Waals surface area contributed by atoms with E-state index in [1.807, 2.05) is 6.07 Å². The number of benzene rings is 2. The number of amides is 2. The first-order chi connectivity index (χ1) is 13.8. The van der Waals surface area contributed by atoms with E-state index in [1.54, 1.807) is 63.2 Å². The fraction of sp³-hybridized carbons (Fsp3) is 0.364. The largest absolute Gasteiger partial charge is 0.495 e. The zero-order valence-corrected chi connectivity index (χ0v) is 17.8. The predicted octanol–water partition coefficient (Wildman–Crippen LogP) is 3.40. The predicted molar refractivity (Wildman–Crippen MR) is 114 cm³/mol. The lowest BCUT2D eigenvalue weighted by Gasteiger charge is -2.34. The van der Waals surface area contributed by atoms with Gasteiger partial charge in [0.15, 0.2) is 6.10 Å². The maximum absolute atomic E-state index is 12.9. The first-order valence-electron chi connectivity index (χ1n) is 9.42. The fourth-order valence-corrected chi connectivity index (χ4v) is 3.16. The Kier molecular flexibility index (Phi) is 8.05. The van der Waals surface area contributed by atoms with Crippen LogP contribution in [0.25, 0.3) is 0 Å². The monoisotopic (exact) mass is 418 g/mol. The number of aliphatic hydroxyl groups excluding tert-OH is 1. The SMILES string of the molecule is COc1ccccc1N(C(=O)C(C)C)C(C)C(O)C(=O)NCc1cccc(Cl)c1. The standard InChI is InChI=1S/C22H27ClN2O4/c1-14(2)22(28)25(18-10-5-6-11-19(18)29-4)15(3)20(26)21(27)24-13-16-8-7-9-17(23)12-16/h5-12,14-15,20,26H,13H2,1-4H3,(H,24,27). The highest BCUT2D eigenvalue weighted by Gasteiger charge is 2.34. The summed E-state index contributed by atoms with van der Waals surface area (Å²) in [6.45, 7) is 5.39. The van der Waals surface area contributed by atoms with Crippen LogP contribution < -0.4 is 15.0 Å². The summed E-state index contributed by atoms with van der Waals surface area (Å²) in [5.41, 5.74) is 1.31. The summed E-state index contributed by atoms with van der Waals surface area (Å²) in [5, 5.41) is 13.9. The van der Waals surface area contributed by atoms with Crippen molar-refractivity contribution in [1.29, 1.82) is 0 Å². The quantitative estimate of drug-likeness (QED) is 0.688. The molecule has 0 saturated heterocycles. The molecule has 0 heterocycles. The van der Waals surface area contributed by atoms with Gasteiger partial charge in [0, 0.05) is 17.5 Å². The van der Waals surface area contributed by atoms with Gasteiger partial charge in [-0.2, -0.15) is 0 Å². The zero-order chi connectivity index (χ0) is 21.6. The number of nitrogens with one attached hydrogen (secondary N) is 1. The number of methoxy groups -OCH3 is 1. The Morgan fingerprint density at radius 2 is 1.83 bits per heavy atom. The molecule has 0 spiro atoms. The number of rotatable bonds is 8. The Morgan fingerprint density at radius 1 is 1.14 bits per heavy atom. The number of para-hydroxylation sites is 2. The number of anilines is 1. The highest BCUT2D eigenvalue weighted by Crippen LogP contribution is 2.31. The van der Waals surface area contributed by atoms with E-state index in [-0.39, 0.29) is 18.4 Å². The van der Waals surface area contributed by atoms with E-state index in [4.69, 9.17) is 16.3 Å². The average Bonchev–Trinajstić information content (AvgIpc) is 2.71. The van der Waals surface area contributed by atoms with Crippen molar-refractivity contribution in [2.45, 2.75) is 39.5 Å². The third kappa shape index (κ3) is 5.71. The molecule has 2 aromatic rings. The fourth-order valence-electron chi connectivity index (χ4n) is 2.95. The Balaban J connectivity index is 2.21. The molecule has 2 N–H and O–H groups in total. The summed E-state index contributed by atoms with van der Waals surface area (Å²) in [6, 6.07) is 13.3. The average molecular weight is 419 g/mol. The molecule has 0 aliphatic rings. The second kappa shape index (κ2) is 10.3. The van der Waals surface area contributed by atoms with Crippen LogP contribution in [-0.4, -0.2) is 36.2 Å². The number of aliphatic hydroxyl groups is 1. The molecule has 0 radical (unpaired) electrons. The van der Waals surface area contributed by atoms with Crippen molar-refractivity contribution in [2.75, 3.05) is 12.0 Å². The van der Waals surface area contributed by atoms with E-state index < -0.39 is 18.1 Å². The van der Waals surface area contributed by atoms with E-state index in [0.717, 1.165) is 5.56 Å². The van der Waals surface area contributed by atoms with Crippen molar-refractivity contribution in [3.63, 3.8) is 0 Å². The number of hydrogen-bond acceptors (Lipinski definition) is 4. The lowest BCUT2D eigenvalue weighted by Crippen LogP contribution is -2.52. The van der Waals surface area contributed by atoms with Gasteiger partial charge in [0.1, 0.15) is 5.75 Å². The second-order valence-electron chi connectivity index (χ2n) is 7.07. The molecule has 0 fully saturated rings. The summed E-state index contributed by atoms with van der Waals surface area (Å²) in [7, 11) is 1.51. The topological polar surface area (TPSA) is 78.9 Å². The smallest absolute Gasteiger partial charge is 0.251 e. The molecule has 2 aromatic carbocycles. The summed E-state index contributed by atoms with van der Waals surface area (Å²) < 4.78 is 5.37. The van der Waals surface area contributed by atoms with Crippen LogP contribution in [-0.2, 0) is 16.1 Å². The number of halogens is 1. The minimum absolute atomic E-state index is 0.218. The Hall–Kier alpha value is -2.57. The van der Waals surface area contributed by atoms with Crippen LogP contribution in [0.3, 0.4) is 0 Å². The second-order valence-corrected chi connectivity index (χ2v) is 7.50. The molecular weight excluding hydrogens is 392 g/mol. The van der Waals surface area contributed by atoms with Crippen LogP contribution in [0.2, 0.25) is 5.02 Å². The van der Waals surface area contributed by atoms with Crippen LogP contribution in [0.4, 0.5) is 5.69 Å². The normalized spacial score (nSPS) is 12.9. The van der Waals surface area contributed by atoms with Crippen molar-refractivity contribution < 1.29 is 19.4 Å². The maximum Gasteiger partial charge on any atom is 0.251 e. The zero-order valence-electron chi connectivity index (χ0n) is 17.1. The van der Waals surface area contributed by atoms with Gasteiger partial charge in [-0.25, -0.2) is 0 Å². The first-order valence-corrected chi connectivity index (χ1v) is 9.80. The molecule has 7 heteroatoms. The van der Waals surface area contributed by atoms with Crippen LogP contribution in [0.1, 0.15) is 26.3 Å². The van der Waals surface area contributed by atoms with Gasteiger partial charge in [-0.05, 0) is 36.8 Å². The van der Waals surface area contributed by atoms with Crippen LogP contribution in [0.15, 0.2) is 48.5 Å². The lowest BCUT2D eigenvalue weighted by molar-refractivity contribution is -0.131. The van der Waals surface area contributed by atoms with Gasteiger partial charge in [-0.3, -0.25) is 9.59 Å².